The molecule has 0 unspecified atom stereocenters. The molecule has 2 heterocycles. The summed E-state index contributed by atoms with van der Waals surface area (Å²) in [5.74, 6) is -0.765. The zero-order chi connectivity index (χ0) is 14.8. The van der Waals surface area contributed by atoms with Gasteiger partial charge >= 0.3 is 5.97 Å². The number of hydrogen-bond donors (Lipinski definition) is 1. The van der Waals surface area contributed by atoms with Gasteiger partial charge < -0.3 is 10.0 Å². The Hall–Kier alpha value is -1.14. The number of anilines is 1. The van der Waals surface area contributed by atoms with Crippen molar-refractivity contribution in [3.8, 4) is 0 Å². The highest BCUT2D eigenvalue weighted by Crippen LogP contribution is 2.24. The summed E-state index contributed by atoms with van der Waals surface area (Å²) in [5, 5.41) is 11.7. The molecule has 0 atom stereocenters. The normalized spacial score (nSPS) is 17.4. The predicted octanol–water partition coefficient (Wildman–Crippen LogP) is 2.08. The maximum atomic E-state index is 10.6. The third-order valence-electron chi connectivity index (χ3n) is 3.63. The van der Waals surface area contributed by atoms with Crippen molar-refractivity contribution in [3.63, 3.8) is 0 Å². The number of piperazine rings is 1. The Labute approximate surface area is 124 Å². The van der Waals surface area contributed by atoms with Gasteiger partial charge in [0.25, 0.3) is 0 Å². The molecule has 0 spiro atoms. The lowest BCUT2D eigenvalue weighted by Gasteiger charge is -2.42. The van der Waals surface area contributed by atoms with Gasteiger partial charge in [0.1, 0.15) is 0 Å². The summed E-state index contributed by atoms with van der Waals surface area (Å²) >= 11 is 1.62. The van der Waals surface area contributed by atoms with Crippen LogP contribution < -0.4 is 4.90 Å². The second kappa shape index (κ2) is 6.10. The largest absolute Gasteiger partial charge is 0.481 e. The molecule has 0 amide bonds. The van der Waals surface area contributed by atoms with Gasteiger partial charge in [0.15, 0.2) is 5.13 Å². The van der Waals surface area contributed by atoms with Crippen molar-refractivity contribution in [3.05, 3.63) is 11.1 Å². The van der Waals surface area contributed by atoms with E-state index in [9.17, 15) is 4.79 Å². The maximum absolute atomic E-state index is 10.6. The molecule has 0 radical (unpaired) electrons. The van der Waals surface area contributed by atoms with Gasteiger partial charge in [-0.05, 0) is 20.8 Å². The van der Waals surface area contributed by atoms with Gasteiger partial charge in [-0.1, -0.05) is 0 Å². The van der Waals surface area contributed by atoms with Crippen molar-refractivity contribution >= 4 is 22.4 Å². The zero-order valence-corrected chi connectivity index (χ0v) is 13.2. The lowest BCUT2D eigenvalue weighted by Crippen LogP contribution is -2.53. The number of aliphatic carboxylic acids is 1. The second-order valence-corrected chi connectivity index (χ2v) is 7.00. The molecule has 20 heavy (non-hydrogen) atoms. The molecule has 1 aliphatic rings. The molecule has 112 valence electrons. The van der Waals surface area contributed by atoms with Crippen molar-refractivity contribution in [1.82, 2.24) is 9.88 Å². The summed E-state index contributed by atoms with van der Waals surface area (Å²) in [7, 11) is 0. The van der Waals surface area contributed by atoms with Gasteiger partial charge in [0, 0.05) is 43.5 Å². The van der Waals surface area contributed by atoms with E-state index in [0.717, 1.165) is 37.0 Å². The molecule has 1 aromatic rings. The summed E-state index contributed by atoms with van der Waals surface area (Å²) in [5.41, 5.74) is 1.12. The molecular formula is C14H23N3O2S. The first-order valence-corrected chi connectivity index (χ1v) is 7.90. The average molecular weight is 297 g/mol. The third-order valence-corrected chi connectivity index (χ3v) is 4.58. The number of aryl methyl sites for hydroxylation is 1. The fourth-order valence-electron chi connectivity index (χ4n) is 2.36. The van der Waals surface area contributed by atoms with Crippen molar-refractivity contribution in [1.29, 1.82) is 0 Å². The van der Waals surface area contributed by atoms with Crippen molar-refractivity contribution in [2.45, 2.75) is 39.2 Å². The number of aromatic nitrogens is 1. The van der Waals surface area contributed by atoms with E-state index in [4.69, 9.17) is 5.11 Å². The van der Waals surface area contributed by atoms with Crippen LogP contribution in [0.25, 0.3) is 0 Å². The van der Waals surface area contributed by atoms with Gasteiger partial charge in [0.2, 0.25) is 0 Å². The molecule has 1 aliphatic heterocycles. The Bertz CT molecular complexity index is 459. The fourth-order valence-corrected chi connectivity index (χ4v) is 3.27. The summed E-state index contributed by atoms with van der Waals surface area (Å²) in [6.45, 7) is 10.8. The summed E-state index contributed by atoms with van der Waals surface area (Å²) in [6.07, 6.45) is 0.675. The highest BCUT2D eigenvalue weighted by Gasteiger charge is 2.26. The van der Waals surface area contributed by atoms with Crippen molar-refractivity contribution in [2.75, 3.05) is 31.1 Å². The smallest absolute Gasteiger partial charge is 0.303 e. The van der Waals surface area contributed by atoms with Crippen molar-refractivity contribution < 1.29 is 9.90 Å². The minimum atomic E-state index is -0.765. The Morgan fingerprint density at radius 1 is 1.35 bits per heavy atom. The number of carbonyl (C=O) groups is 1. The van der Waals surface area contributed by atoms with Gasteiger partial charge in [0.05, 0.1) is 12.1 Å². The monoisotopic (exact) mass is 297 g/mol. The van der Waals surface area contributed by atoms with E-state index >= 15 is 0 Å². The molecule has 0 aromatic carbocycles. The lowest BCUT2D eigenvalue weighted by atomic mass is 10.1. The first kappa shape index (κ1) is 15.3. The number of nitrogens with zero attached hydrogens (tertiary/aromatic N) is 3. The Kier molecular flexibility index (Phi) is 4.65. The van der Waals surface area contributed by atoms with E-state index in [1.807, 2.05) is 5.38 Å². The van der Waals surface area contributed by atoms with Gasteiger partial charge in [-0.25, -0.2) is 4.98 Å². The number of carboxylic acid groups (broad SMARTS) is 1. The molecule has 0 saturated carbocycles. The van der Waals surface area contributed by atoms with Gasteiger partial charge in [-0.2, -0.15) is 0 Å². The average Bonchev–Trinajstić information content (AvgIpc) is 2.84. The molecule has 6 heteroatoms. The quantitative estimate of drug-likeness (QED) is 0.922. The van der Waals surface area contributed by atoms with Crippen molar-refractivity contribution in [2.24, 2.45) is 0 Å². The number of rotatable bonds is 4. The van der Waals surface area contributed by atoms with E-state index in [0.29, 0.717) is 6.42 Å². The fraction of sp³-hybridized carbons (Fsp3) is 0.714. The van der Waals surface area contributed by atoms with Crippen LogP contribution in [-0.4, -0.2) is 52.7 Å². The first-order chi connectivity index (χ1) is 9.36. The maximum Gasteiger partial charge on any atom is 0.303 e. The SMILES string of the molecule is CC(C)(C)N1CCN(c2nc(CCC(=O)O)cs2)CC1. The topological polar surface area (TPSA) is 56.7 Å². The van der Waals surface area contributed by atoms with Crippen LogP contribution in [-0.2, 0) is 11.2 Å². The molecule has 1 aromatic heterocycles. The number of thiazole rings is 1. The van der Waals surface area contributed by atoms with Crippen LogP contribution in [0.15, 0.2) is 5.38 Å². The predicted molar refractivity (Wildman–Crippen MR) is 81.6 cm³/mol. The molecule has 1 saturated heterocycles. The van der Waals surface area contributed by atoms with Crippen LogP contribution in [0.2, 0.25) is 0 Å². The highest BCUT2D eigenvalue weighted by molar-refractivity contribution is 7.13. The summed E-state index contributed by atoms with van der Waals surface area (Å²) in [6, 6.07) is 0. The molecule has 0 aliphatic carbocycles. The first-order valence-electron chi connectivity index (χ1n) is 7.02. The second-order valence-electron chi connectivity index (χ2n) is 6.16. The van der Waals surface area contributed by atoms with Crippen LogP contribution in [0.4, 0.5) is 5.13 Å². The van der Waals surface area contributed by atoms with Gasteiger partial charge in [-0.3, -0.25) is 9.69 Å². The van der Waals surface area contributed by atoms with E-state index in [-0.39, 0.29) is 12.0 Å². The summed E-state index contributed by atoms with van der Waals surface area (Å²) < 4.78 is 0. The van der Waals surface area contributed by atoms with Crippen LogP contribution in [0, 0.1) is 0 Å². The van der Waals surface area contributed by atoms with E-state index in [1.165, 1.54) is 0 Å². The molecule has 1 N–H and O–H groups in total. The third kappa shape index (κ3) is 3.93. The molecule has 5 nitrogen and oxygen atoms in total. The zero-order valence-electron chi connectivity index (χ0n) is 12.4. The van der Waals surface area contributed by atoms with Crippen LogP contribution in [0.1, 0.15) is 32.9 Å². The molecule has 2 rings (SSSR count). The van der Waals surface area contributed by atoms with Gasteiger partial charge in [-0.15, -0.1) is 11.3 Å². The molecular weight excluding hydrogens is 274 g/mol. The summed E-state index contributed by atoms with van der Waals surface area (Å²) in [4.78, 5) is 19.9. The molecule has 1 fully saturated rings. The standard InChI is InChI=1S/C14H23N3O2S/c1-14(2,3)17-8-6-16(7-9-17)13-15-11(10-20-13)4-5-12(18)19/h10H,4-9H2,1-3H3,(H,18,19). The molecule has 0 bridgehead atoms. The lowest BCUT2D eigenvalue weighted by molar-refractivity contribution is -0.136. The Morgan fingerprint density at radius 3 is 2.55 bits per heavy atom. The van der Waals surface area contributed by atoms with Crippen LogP contribution in [0.3, 0.4) is 0 Å². The number of hydrogen-bond acceptors (Lipinski definition) is 5. The number of carboxylic acids is 1. The minimum absolute atomic E-state index is 0.154. The van der Waals surface area contributed by atoms with E-state index < -0.39 is 5.97 Å². The minimum Gasteiger partial charge on any atom is -0.481 e. The Morgan fingerprint density at radius 2 is 2.00 bits per heavy atom. The van der Waals surface area contributed by atoms with Crippen LogP contribution >= 0.6 is 11.3 Å². The van der Waals surface area contributed by atoms with E-state index in [1.54, 1.807) is 11.3 Å². The highest BCUT2D eigenvalue weighted by atomic mass is 32.1. The van der Waals surface area contributed by atoms with E-state index in [2.05, 4.69) is 35.6 Å². The Balaban J connectivity index is 1.89. The van der Waals surface area contributed by atoms with Crippen LogP contribution in [0.5, 0.6) is 0 Å².